The predicted octanol–water partition coefficient (Wildman–Crippen LogP) is 1.19. The molecule has 0 aliphatic rings. The van der Waals surface area contributed by atoms with Crippen molar-refractivity contribution in [3.8, 4) is 0 Å². The molecule has 0 amide bonds. The van der Waals surface area contributed by atoms with Gasteiger partial charge in [-0.05, 0) is 30.9 Å². The molecule has 0 fully saturated rings. The summed E-state index contributed by atoms with van der Waals surface area (Å²) >= 11 is 1.68. The Hall–Kier alpha value is -0.380. The van der Waals surface area contributed by atoms with Gasteiger partial charge in [-0.3, -0.25) is 0 Å². The van der Waals surface area contributed by atoms with Crippen LogP contribution in [-0.4, -0.2) is 6.54 Å². The van der Waals surface area contributed by atoms with Crippen molar-refractivity contribution in [2.24, 2.45) is 11.5 Å². The highest BCUT2D eigenvalue weighted by Gasteiger charge is 2.21. The average Bonchev–Trinajstić information content (AvgIpc) is 2.36. The van der Waals surface area contributed by atoms with E-state index in [1.165, 1.54) is 10.4 Å². The molecule has 3 heteroatoms. The van der Waals surface area contributed by atoms with Crippen LogP contribution >= 0.6 is 11.3 Å². The van der Waals surface area contributed by atoms with Crippen LogP contribution in [0, 0.1) is 6.92 Å². The third-order valence-electron chi connectivity index (χ3n) is 1.80. The van der Waals surface area contributed by atoms with Crippen LogP contribution in [-0.2, 0) is 5.54 Å². The quantitative estimate of drug-likeness (QED) is 0.700. The minimum atomic E-state index is -0.349. The molecule has 11 heavy (non-hydrogen) atoms. The van der Waals surface area contributed by atoms with Crippen molar-refractivity contribution in [3.05, 3.63) is 21.9 Å². The van der Waals surface area contributed by atoms with Crippen molar-refractivity contribution in [1.82, 2.24) is 0 Å². The monoisotopic (exact) mass is 170 g/mol. The highest BCUT2D eigenvalue weighted by Crippen LogP contribution is 2.25. The Balaban J connectivity index is 3.00. The second-order valence-electron chi connectivity index (χ2n) is 3.05. The minimum Gasteiger partial charge on any atom is -0.328 e. The lowest BCUT2D eigenvalue weighted by Gasteiger charge is -2.21. The molecule has 0 spiro atoms. The van der Waals surface area contributed by atoms with Gasteiger partial charge in [-0.25, -0.2) is 0 Å². The molecule has 0 radical (unpaired) electrons. The van der Waals surface area contributed by atoms with Crippen LogP contribution in [0.2, 0.25) is 0 Å². The van der Waals surface area contributed by atoms with Crippen molar-refractivity contribution >= 4 is 11.3 Å². The molecule has 1 unspecified atom stereocenters. The zero-order chi connectivity index (χ0) is 8.48. The zero-order valence-electron chi connectivity index (χ0n) is 6.92. The molecule has 1 aromatic rings. The van der Waals surface area contributed by atoms with Crippen LogP contribution in [0.1, 0.15) is 17.4 Å². The summed E-state index contributed by atoms with van der Waals surface area (Å²) in [6, 6.07) is 2.07. The van der Waals surface area contributed by atoms with E-state index in [9.17, 15) is 0 Å². The maximum atomic E-state index is 5.97. The van der Waals surface area contributed by atoms with E-state index in [1.54, 1.807) is 11.3 Å². The molecule has 0 aromatic carbocycles. The molecule has 0 aliphatic heterocycles. The van der Waals surface area contributed by atoms with Gasteiger partial charge >= 0.3 is 0 Å². The maximum Gasteiger partial charge on any atom is 0.0601 e. The molecule has 0 saturated heterocycles. The van der Waals surface area contributed by atoms with Gasteiger partial charge in [-0.1, -0.05) is 0 Å². The van der Waals surface area contributed by atoms with E-state index in [1.807, 2.05) is 12.3 Å². The first-order valence-electron chi connectivity index (χ1n) is 3.61. The Morgan fingerprint density at radius 1 is 1.64 bits per heavy atom. The van der Waals surface area contributed by atoms with Gasteiger partial charge in [0.15, 0.2) is 0 Å². The normalized spacial score (nSPS) is 16.4. The van der Waals surface area contributed by atoms with Gasteiger partial charge in [0, 0.05) is 11.4 Å². The number of nitrogens with two attached hydrogens (primary N) is 2. The third kappa shape index (κ3) is 1.61. The Morgan fingerprint density at radius 2 is 2.27 bits per heavy atom. The van der Waals surface area contributed by atoms with Crippen LogP contribution in [0.15, 0.2) is 11.4 Å². The third-order valence-corrected chi connectivity index (χ3v) is 3.10. The number of thiophene rings is 1. The fourth-order valence-electron chi connectivity index (χ4n) is 1.05. The zero-order valence-corrected chi connectivity index (χ0v) is 7.74. The molecule has 2 nitrogen and oxygen atoms in total. The topological polar surface area (TPSA) is 52.0 Å². The first-order chi connectivity index (χ1) is 5.08. The smallest absolute Gasteiger partial charge is 0.0601 e. The van der Waals surface area contributed by atoms with E-state index in [-0.39, 0.29) is 5.54 Å². The van der Waals surface area contributed by atoms with Gasteiger partial charge in [0.25, 0.3) is 0 Å². The Bertz CT molecular complexity index is 240. The van der Waals surface area contributed by atoms with Gasteiger partial charge in [-0.2, -0.15) is 0 Å². The lowest BCUT2D eigenvalue weighted by atomic mass is 9.99. The van der Waals surface area contributed by atoms with Crippen molar-refractivity contribution in [3.63, 3.8) is 0 Å². The number of aryl methyl sites for hydroxylation is 1. The first-order valence-corrected chi connectivity index (χ1v) is 4.49. The fourth-order valence-corrected chi connectivity index (χ4v) is 2.07. The highest BCUT2D eigenvalue weighted by molar-refractivity contribution is 7.10. The van der Waals surface area contributed by atoms with Crippen molar-refractivity contribution in [2.75, 3.05) is 6.54 Å². The summed E-state index contributed by atoms with van der Waals surface area (Å²) < 4.78 is 0. The summed E-state index contributed by atoms with van der Waals surface area (Å²) in [5.74, 6) is 0. The number of hydrogen-bond donors (Lipinski definition) is 2. The van der Waals surface area contributed by atoms with Gasteiger partial charge in [0.1, 0.15) is 0 Å². The van der Waals surface area contributed by atoms with Crippen LogP contribution < -0.4 is 11.5 Å². The number of hydrogen-bond acceptors (Lipinski definition) is 3. The summed E-state index contributed by atoms with van der Waals surface area (Å²) in [6.07, 6.45) is 0. The van der Waals surface area contributed by atoms with Crippen LogP contribution in [0.4, 0.5) is 0 Å². The van der Waals surface area contributed by atoms with E-state index in [4.69, 9.17) is 11.5 Å². The standard InChI is InChI=1S/C8H14N2S/c1-6-3-4-11-7(6)8(2,10)5-9/h3-4H,5,9-10H2,1-2H3. The number of rotatable bonds is 2. The van der Waals surface area contributed by atoms with Gasteiger partial charge in [-0.15, -0.1) is 11.3 Å². The molecule has 4 N–H and O–H groups in total. The van der Waals surface area contributed by atoms with E-state index in [0.29, 0.717) is 6.54 Å². The van der Waals surface area contributed by atoms with Crippen LogP contribution in [0.25, 0.3) is 0 Å². The second kappa shape index (κ2) is 2.93. The first kappa shape index (κ1) is 8.71. The summed E-state index contributed by atoms with van der Waals surface area (Å²) in [5, 5.41) is 2.05. The summed E-state index contributed by atoms with van der Waals surface area (Å²) in [4.78, 5) is 1.19. The van der Waals surface area contributed by atoms with Gasteiger partial charge < -0.3 is 11.5 Å². The molecular weight excluding hydrogens is 156 g/mol. The van der Waals surface area contributed by atoms with E-state index < -0.39 is 0 Å². The molecule has 0 aliphatic carbocycles. The van der Waals surface area contributed by atoms with Gasteiger partial charge in [0.2, 0.25) is 0 Å². The largest absolute Gasteiger partial charge is 0.328 e. The Kier molecular flexibility index (Phi) is 2.32. The molecular formula is C8H14N2S. The second-order valence-corrected chi connectivity index (χ2v) is 3.97. The Morgan fingerprint density at radius 3 is 2.64 bits per heavy atom. The lowest BCUT2D eigenvalue weighted by molar-refractivity contribution is 0.516. The molecule has 0 bridgehead atoms. The minimum absolute atomic E-state index is 0.349. The molecule has 0 saturated carbocycles. The van der Waals surface area contributed by atoms with Crippen molar-refractivity contribution in [1.29, 1.82) is 0 Å². The molecule has 1 atom stereocenters. The van der Waals surface area contributed by atoms with Crippen molar-refractivity contribution in [2.45, 2.75) is 19.4 Å². The molecule has 62 valence electrons. The van der Waals surface area contributed by atoms with E-state index in [2.05, 4.69) is 13.0 Å². The summed E-state index contributed by atoms with van der Waals surface area (Å²) in [5.41, 5.74) is 12.4. The van der Waals surface area contributed by atoms with Crippen LogP contribution in [0.5, 0.6) is 0 Å². The maximum absolute atomic E-state index is 5.97. The fraction of sp³-hybridized carbons (Fsp3) is 0.500. The summed E-state index contributed by atoms with van der Waals surface area (Å²) in [7, 11) is 0. The molecule has 1 aromatic heterocycles. The SMILES string of the molecule is Cc1ccsc1C(C)(N)CN. The van der Waals surface area contributed by atoms with E-state index in [0.717, 1.165) is 0 Å². The lowest BCUT2D eigenvalue weighted by Crippen LogP contribution is -2.40. The Labute approximate surface area is 71.2 Å². The van der Waals surface area contributed by atoms with Crippen molar-refractivity contribution < 1.29 is 0 Å². The van der Waals surface area contributed by atoms with Crippen LogP contribution in [0.3, 0.4) is 0 Å². The van der Waals surface area contributed by atoms with E-state index >= 15 is 0 Å². The highest BCUT2D eigenvalue weighted by atomic mass is 32.1. The van der Waals surface area contributed by atoms with Gasteiger partial charge in [0.05, 0.1) is 5.54 Å². The summed E-state index contributed by atoms with van der Waals surface area (Å²) in [6.45, 7) is 4.52. The molecule has 1 heterocycles. The average molecular weight is 170 g/mol. The predicted molar refractivity (Wildman–Crippen MR) is 49.6 cm³/mol. The molecule has 1 rings (SSSR count).